The highest BCUT2D eigenvalue weighted by atomic mass is 19.1. The van der Waals surface area contributed by atoms with E-state index in [4.69, 9.17) is 5.73 Å². The highest BCUT2D eigenvalue weighted by Crippen LogP contribution is 2.24. The van der Waals surface area contributed by atoms with Crippen molar-refractivity contribution in [1.82, 2.24) is 9.78 Å². The van der Waals surface area contributed by atoms with E-state index < -0.39 is 17.8 Å². The molecule has 3 N–H and O–H groups in total. The number of hydrogen-bond acceptors (Lipinski definition) is 3. The molecule has 1 amide bonds. The van der Waals surface area contributed by atoms with Crippen LogP contribution in [0.25, 0.3) is 5.69 Å². The van der Waals surface area contributed by atoms with Crippen molar-refractivity contribution in [2.45, 2.75) is 13.0 Å². The van der Waals surface area contributed by atoms with E-state index in [1.54, 1.807) is 6.07 Å². The number of hydrogen-bond donors (Lipinski definition) is 2. The van der Waals surface area contributed by atoms with Crippen LogP contribution in [0.4, 0.5) is 4.39 Å². The summed E-state index contributed by atoms with van der Waals surface area (Å²) in [5.41, 5.74) is 5.78. The molecule has 1 aromatic heterocycles. The maximum Gasteiger partial charge on any atom is 0.251 e. The van der Waals surface area contributed by atoms with E-state index in [2.05, 4.69) is 5.10 Å². The lowest BCUT2D eigenvalue weighted by atomic mass is 10.1. The summed E-state index contributed by atoms with van der Waals surface area (Å²) in [5, 5.41) is 13.5. The second-order valence-corrected chi connectivity index (χ2v) is 3.89. The second-order valence-electron chi connectivity index (χ2n) is 3.89. The van der Waals surface area contributed by atoms with Gasteiger partial charge in [-0.25, -0.2) is 9.07 Å². The van der Waals surface area contributed by atoms with Crippen LogP contribution in [0.2, 0.25) is 0 Å². The van der Waals surface area contributed by atoms with Gasteiger partial charge >= 0.3 is 0 Å². The fourth-order valence-corrected chi connectivity index (χ4v) is 1.68. The molecule has 0 saturated heterocycles. The van der Waals surface area contributed by atoms with Gasteiger partial charge in [0.15, 0.2) is 0 Å². The largest absolute Gasteiger partial charge is 0.389 e. The van der Waals surface area contributed by atoms with Crippen LogP contribution in [0, 0.1) is 5.82 Å². The first-order valence-corrected chi connectivity index (χ1v) is 5.32. The van der Waals surface area contributed by atoms with Crippen molar-refractivity contribution in [2.24, 2.45) is 5.73 Å². The van der Waals surface area contributed by atoms with Gasteiger partial charge < -0.3 is 10.8 Å². The number of primary amides is 1. The molecule has 0 saturated carbocycles. The molecule has 0 fully saturated rings. The van der Waals surface area contributed by atoms with Gasteiger partial charge in [-0.1, -0.05) is 12.1 Å². The Hall–Kier alpha value is -2.21. The Balaban J connectivity index is 2.58. The van der Waals surface area contributed by atoms with E-state index in [-0.39, 0.29) is 11.3 Å². The molecule has 0 unspecified atom stereocenters. The molecule has 94 valence electrons. The van der Waals surface area contributed by atoms with E-state index in [1.807, 2.05) is 0 Å². The number of nitrogens with zero attached hydrogens (tertiary/aromatic N) is 2. The third kappa shape index (κ3) is 2.10. The number of nitrogens with two attached hydrogens (primary N) is 1. The van der Waals surface area contributed by atoms with Crippen LogP contribution < -0.4 is 5.73 Å². The monoisotopic (exact) mass is 249 g/mol. The minimum Gasteiger partial charge on any atom is -0.389 e. The fraction of sp³-hybridized carbons (Fsp3) is 0.167. The second kappa shape index (κ2) is 4.58. The Morgan fingerprint density at radius 1 is 1.56 bits per heavy atom. The number of benzene rings is 1. The highest BCUT2D eigenvalue weighted by Gasteiger charge is 2.16. The van der Waals surface area contributed by atoms with Crippen molar-refractivity contribution >= 4 is 5.91 Å². The Morgan fingerprint density at radius 3 is 2.83 bits per heavy atom. The molecule has 2 rings (SSSR count). The van der Waals surface area contributed by atoms with E-state index >= 15 is 0 Å². The number of para-hydroxylation sites is 1. The van der Waals surface area contributed by atoms with Gasteiger partial charge in [0.1, 0.15) is 11.5 Å². The van der Waals surface area contributed by atoms with Gasteiger partial charge in [0.05, 0.1) is 17.9 Å². The predicted octanol–water partition coefficient (Wildman–Crippen LogP) is 1.16. The smallest absolute Gasteiger partial charge is 0.251 e. The normalized spacial score (nSPS) is 12.4. The first-order chi connectivity index (χ1) is 8.50. The maximum absolute atomic E-state index is 13.8. The molecule has 18 heavy (non-hydrogen) atoms. The molecule has 0 aliphatic rings. The summed E-state index contributed by atoms with van der Waals surface area (Å²) in [6, 6.07) is 4.35. The van der Waals surface area contributed by atoms with E-state index in [0.717, 1.165) is 0 Å². The number of aliphatic hydroxyl groups excluding tert-OH is 1. The lowest BCUT2D eigenvalue weighted by Gasteiger charge is -2.12. The number of carbonyl (C=O) groups is 1. The van der Waals surface area contributed by atoms with Crippen LogP contribution in [-0.2, 0) is 0 Å². The molecule has 1 heterocycles. The average molecular weight is 249 g/mol. The van der Waals surface area contributed by atoms with Gasteiger partial charge in [-0.2, -0.15) is 5.10 Å². The molecule has 0 spiro atoms. The van der Waals surface area contributed by atoms with Crippen LogP contribution in [0.15, 0.2) is 30.6 Å². The summed E-state index contributed by atoms with van der Waals surface area (Å²) >= 11 is 0. The summed E-state index contributed by atoms with van der Waals surface area (Å²) in [6.07, 6.45) is 1.73. The van der Waals surface area contributed by atoms with Crippen molar-refractivity contribution < 1.29 is 14.3 Å². The lowest BCUT2D eigenvalue weighted by Crippen LogP contribution is -2.10. The van der Waals surface area contributed by atoms with Crippen molar-refractivity contribution in [3.63, 3.8) is 0 Å². The third-order valence-corrected chi connectivity index (χ3v) is 2.56. The molecule has 0 aliphatic carbocycles. The van der Waals surface area contributed by atoms with Gasteiger partial charge in [-0.05, 0) is 13.0 Å². The minimum absolute atomic E-state index is 0.111. The van der Waals surface area contributed by atoms with Crippen molar-refractivity contribution in [3.05, 3.63) is 47.5 Å². The SMILES string of the molecule is C[C@H](O)c1cccc(F)c1-n1cc(C(N)=O)cn1. The predicted molar refractivity (Wildman–Crippen MR) is 62.7 cm³/mol. The van der Waals surface area contributed by atoms with Crippen LogP contribution in [-0.4, -0.2) is 20.8 Å². The van der Waals surface area contributed by atoms with Crippen molar-refractivity contribution in [3.8, 4) is 5.69 Å². The first kappa shape index (κ1) is 12.3. The van der Waals surface area contributed by atoms with E-state index in [1.165, 1.54) is 36.1 Å². The molecule has 2 aromatic rings. The number of carbonyl (C=O) groups excluding carboxylic acids is 1. The minimum atomic E-state index is -0.850. The van der Waals surface area contributed by atoms with Crippen molar-refractivity contribution in [1.29, 1.82) is 0 Å². The zero-order valence-corrected chi connectivity index (χ0v) is 9.67. The maximum atomic E-state index is 13.8. The summed E-state index contributed by atoms with van der Waals surface area (Å²) < 4.78 is 15.0. The van der Waals surface area contributed by atoms with Gasteiger partial charge in [-0.15, -0.1) is 0 Å². The number of aromatic nitrogens is 2. The van der Waals surface area contributed by atoms with Crippen LogP contribution in [0.5, 0.6) is 0 Å². The average Bonchev–Trinajstić information content (AvgIpc) is 2.77. The lowest BCUT2D eigenvalue weighted by molar-refractivity contribution is 0.100. The van der Waals surface area contributed by atoms with Gasteiger partial charge in [0, 0.05) is 11.8 Å². The molecule has 0 bridgehead atoms. The van der Waals surface area contributed by atoms with Crippen LogP contribution in [0.3, 0.4) is 0 Å². The first-order valence-electron chi connectivity index (χ1n) is 5.32. The number of aliphatic hydroxyl groups is 1. The standard InChI is InChI=1S/C12H12FN3O2/c1-7(17)9-3-2-4-10(13)11(9)16-6-8(5-15-16)12(14)18/h2-7,17H,1H3,(H2,14,18)/t7-/m0/s1. The summed E-state index contributed by atoms with van der Waals surface area (Å²) in [5.74, 6) is -1.18. The Morgan fingerprint density at radius 2 is 2.28 bits per heavy atom. The molecular formula is C12H12FN3O2. The van der Waals surface area contributed by atoms with Gasteiger partial charge in [0.25, 0.3) is 5.91 Å². The zero-order valence-electron chi connectivity index (χ0n) is 9.67. The molecule has 5 nitrogen and oxygen atoms in total. The Bertz CT molecular complexity index is 593. The van der Waals surface area contributed by atoms with E-state index in [9.17, 15) is 14.3 Å². The Kier molecular flexibility index (Phi) is 3.12. The fourth-order valence-electron chi connectivity index (χ4n) is 1.68. The molecule has 0 radical (unpaired) electrons. The number of amides is 1. The van der Waals surface area contributed by atoms with Crippen LogP contribution >= 0.6 is 0 Å². The highest BCUT2D eigenvalue weighted by molar-refractivity contribution is 5.92. The summed E-state index contributed by atoms with van der Waals surface area (Å²) in [7, 11) is 0. The summed E-state index contributed by atoms with van der Waals surface area (Å²) in [4.78, 5) is 11.0. The molecule has 1 aromatic carbocycles. The van der Waals surface area contributed by atoms with Gasteiger partial charge in [0.2, 0.25) is 0 Å². The molecular weight excluding hydrogens is 237 g/mol. The third-order valence-electron chi connectivity index (χ3n) is 2.56. The van der Waals surface area contributed by atoms with Gasteiger partial charge in [-0.3, -0.25) is 4.79 Å². The molecule has 0 aliphatic heterocycles. The Labute approximate surface area is 103 Å². The quantitative estimate of drug-likeness (QED) is 0.856. The number of rotatable bonds is 3. The molecule has 6 heteroatoms. The van der Waals surface area contributed by atoms with Crippen molar-refractivity contribution in [2.75, 3.05) is 0 Å². The van der Waals surface area contributed by atoms with Crippen LogP contribution in [0.1, 0.15) is 28.9 Å². The molecule has 1 atom stereocenters. The number of halogens is 1. The topological polar surface area (TPSA) is 81.1 Å². The zero-order chi connectivity index (χ0) is 13.3. The summed E-state index contributed by atoms with van der Waals surface area (Å²) in [6.45, 7) is 1.52. The van der Waals surface area contributed by atoms with E-state index in [0.29, 0.717) is 5.56 Å².